The molecule has 0 aliphatic carbocycles. The molecule has 0 heterocycles. The summed E-state index contributed by atoms with van der Waals surface area (Å²) in [6.45, 7) is 6.18. The first-order chi connectivity index (χ1) is 8.19. The second-order valence-corrected chi connectivity index (χ2v) is 4.18. The van der Waals surface area contributed by atoms with Crippen molar-refractivity contribution in [1.29, 1.82) is 0 Å². The lowest BCUT2D eigenvalue weighted by atomic mass is 10.1. The van der Waals surface area contributed by atoms with E-state index in [9.17, 15) is 0 Å². The summed E-state index contributed by atoms with van der Waals surface area (Å²) in [7, 11) is 4.13. The van der Waals surface area contributed by atoms with Gasteiger partial charge in [-0.05, 0) is 33.5 Å². The van der Waals surface area contributed by atoms with E-state index < -0.39 is 0 Å². The van der Waals surface area contributed by atoms with Gasteiger partial charge in [-0.25, -0.2) is 0 Å². The van der Waals surface area contributed by atoms with Crippen molar-refractivity contribution in [3.63, 3.8) is 0 Å². The maximum Gasteiger partial charge on any atom is 0.184 e. The molecule has 0 unspecified atom stereocenters. The van der Waals surface area contributed by atoms with Gasteiger partial charge in [0.2, 0.25) is 0 Å². The summed E-state index contributed by atoms with van der Waals surface area (Å²) >= 11 is 0. The van der Waals surface area contributed by atoms with E-state index in [-0.39, 0.29) is 6.29 Å². The van der Waals surface area contributed by atoms with Crippen molar-refractivity contribution in [2.75, 3.05) is 27.3 Å². The second kappa shape index (κ2) is 7.43. The van der Waals surface area contributed by atoms with E-state index in [0.29, 0.717) is 13.2 Å². The van der Waals surface area contributed by atoms with Gasteiger partial charge in [-0.2, -0.15) is 0 Å². The van der Waals surface area contributed by atoms with E-state index in [1.165, 1.54) is 5.56 Å². The molecule has 1 rings (SSSR count). The molecule has 0 bridgehead atoms. The molecule has 0 spiro atoms. The van der Waals surface area contributed by atoms with Crippen LogP contribution in [-0.4, -0.2) is 32.2 Å². The third-order valence-corrected chi connectivity index (χ3v) is 2.43. The van der Waals surface area contributed by atoms with Crippen LogP contribution in [0.4, 0.5) is 0 Å². The Balaban J connectivity index is 2.91. The maximum atomic E-state index is 5.65. The van der Waals surface area contributed by atoms with Crippen LogP contribution in [0.1, 0.15) is 31.3 Å². The molecule has 0 saturated heterocycles. The van der Waals surface area contributed by atoms with Gasteiger partial charge in [-0.1, -0.05) is 24.3 Å². The van der Waals surface area contributed by atoms with Crippen LogP contribution < -0.4 is 0 Å². The van der Waals surface area contributed by atoms with E-state index >= 15 is 0 Å². The Labute approximate surface area is 104 Å². The molecule has 3 heteroatoms. The molecular formula is C14H23NO2. The van der Waals surface area contributed by atoms with Gasteiger partial charge in [-0.3, -0.25) is 0 Å². The number of hydrogen-bond acceptors (Lipinski definition) is 3. The molecule has 0 N–H and O–H groups in total. The van der Waals surface area contributed by atoms with Gasteiger partial charge in [-0.15, -0.1) is 0 Å². The molecule has 0 atom stereocenters. The first-order valence-corrected chi connectivity index (χ1v) is 6.14. The van der Waals surface area contributed by atoms with Crippen LogP contribution in [0.2, 0.25) is 0 Å². The average molecular weight is 237 g/mol. The molecule has 1 aromatic carbocycles. The first kappa shape index (κ1) is 14.2. The van der Waals surface area contributed by atoms with E-state index in [4.69, 9.17) is 9.47 Å². The minimum Gasteiger partial charge on any atom is -0.349 e. The lowest BCUT2D eigenvalue weighted by Gasteiger charge is -2.21. The van der Waals surface area contributed by atoms with Crippen molar-refractivity contribution in [3.05, 3.63) is 35.4 Å². The number of nitrogens with zero attached hydrogens (tertiary/aromatic N) is 1. The molecule has 0 saturated carbocycles. The lowest BCUT2D eigenvalue weighted by molar-refractivity contribution is -0.140. The van der Waals surface area contributed by atoms with Gasteiger partial charge < -0.3 is 14.4 Å². The first-order valence-electron chi connectivity index (χ1n) is 6.14. The summed E-state index contributed by atoms with van der Waals surface area (Å²) in [6.07, 6.45) is -0.249. The zero-order chi connectivity index (χ0) is 12.7. The molecule has 0 radical (unpaired) electrons. The van der Waals surface area contributed by atoms with Gasteiger partial charge in [0.05, 0.1) is 0 Å². The number of hydrogen-bond donors (Lipinski definition) is 0. The molecule has 17 heavy (non-hydrogen) atoms. The minimum atomic E-state index is -0.249. The molecule has 0 aromatic heterocycles. The van der Waals surface area contributed by atoms with Gasteiger partial charge in [0, 0.05) is 25.3 Å². The topological polar surface area (TPSA) is 21.7 Å². The largest absolute Gasteiger partial charge is 0.349 e. The maximum absolute atomic E-state index is 5.65. The van der Waals surface area contributed by atoms with Crippen LogP contribution in [-0.2, 0) is 16.0 Å². The Morgan fingerprint density at radius 3 is 2.18 bits per heavy atom. The smallest absolute Gasteiger partial charge is 0.184 e. The summed E-state index contributed by atoms with van der Waals surface area (Å²) in [5.41, 5.74) is 2.38. The fraction of sp³-hybridized carbons (Fsp3) is 0.571. The second-order valence-electron chi connectivity index (χ2n) is 4.18. The van der Waals surface area contributed by atoms with Crippen LogP contribution in [0.25, 0.3) is 0 Å². The van der Waals surface area contributed by atoms with Crippen LogP contribution >= 0.6 is 0 Å². The van der Waals surface area contributed by atoms with E-state index in [1.54, 1.807) is 0 Å². The Morgan fingerprint density at radius 2 is 1.65 bits per heavy atom. The normalized spacial score (nSPS) is 11.4. The van der Waals surface area contributed by atoms with E-state index in [2.05, 4.69) is 37.2 Å². The van der Waals surface area contributed by atoms with Crippen LogP contribution in [0, 0.1) is 0 Å². The van der Waals surface area contributed by atoms with E-state index in [0.717, 1.165) is 12.1 Å². The van der Waals surface area contributed by atoms with E-state index in [1.807, 2.05) is 19.9 Å². The SMILES string of the molecule is CCOC(OCC)c1ccccc1CN(C)C. The molecule has 96 valence electrons. The number of benzene rings is 1. The quantitative estimate of drug-likeness (QED) is 0.681. The van der Waals surface area contributed by atoms with Crippen LogP contribution in [0.5, 0.6) is 0 Å². The Morgan fingerprint density at radius 1 is 1.06 bits per heavy atom. The molecule has 0 amide bonds. The highest BCUT2D eigenvalue weighted by atomic mass is 16.7. The summed E-state index contributed by atoms with van der Waals surface area (Å²) in [6, 6.07) is 8.28. The van der Waals surface area contributed by atoms with Crippen LogP contribution in [0.3, 0.4) is 0 Å². The lowest BCUT2D eigenvalue weighted by Crippen LogP contribution is -2.16. The fourth-order valence-electron chi connectivity index (χ4n) is 1.78. The van der Waals surface area contributed by atoms with Gasteiger partial charge in [0.15, 0.2) is 6.29 Å². The molecule has 0 fully saturated rings. The van der Waals surface area contributed by atoms with Gasteiger partial charge in [0.1, 0.15) is 0 Å². The fourth-order valence-corrected chi connectivity index (χ4v) is 1.78. The molecule has 0 aliphatic heterocycles. The Bertz CT molecular complexity index is 320. The predicted molar refractivity (Wildman–Crippen MR) is 69.8 cm³/mol. The highest BCUT2D eigenvalue weighted by molar-refractivity contribution is 5.28. The summed E-state index contributed by atoms with van der Waals surface area (Å²) in [4.78, 5) is 2.15. The Kier molecular flexibility index (Phi) is 6.19. The monoisotopic (exact) mass is 237 g/mol. The van der Waals surface area contributed by atoms with Crippen molar-refractivity contribution in [1.82, 2.24) is 4.90 Å². The molecule has 0 aliphatic rings. The highest BCUT2D eigenvalue weighted by Crippen LogP contribution is 2.23. The zero-order valence-electron chi connectivity index (χ0n) is 11.3. The summed E-state index contributed by atoms with van der Waals surface area (Å²) in [5, 5.41) is 0. The van der Waals surface area contributed by atoms with Crippen LogP contribution in [0.15, 0.2) is 24.3 Å². The van der Waals surface area contributed by atoms with Gasteiger partial charge >= 0.3 is 0 Å². The van der Waals surface area contributed by atoms with Crippen molar-refractivity contribution >= 4 is 0 Å². The average Bonchev–Trinajstić information content (AvgIpc) is 2.29. The van der Waals surface area contributed by atoms with Crippen molar-refractivity contribution < 1.29 is 9.47 Å². The zero-order valence-corrected chi connectivity index (χ0v) is 11.3. The molecule has 1 aromatic rings. The summed E-state index contributed by atoms with van der Waals surface area (Å²) < 4.78 is 11.3. The van der Waals surface area contributed by atoms with Crippen molar-refractivity contribution in [3.8, 4) is 0 Å². The third kappa shape index (κ3) is 4.46. The summed E-state index contributed by atoms with van der Waals surface area (Å²) in [5.74, 6) is 0. The number of rotatable bonds is 7. The molecule has 3 nitrogen and oxygen atoms in total. The highest BCUT2D eigenvalue weighted by Gasteiger charge is 2.15. The molecular weight excluding hydrogens is 214 g/mol. The third-order valence-electron chi connectivity index (χ3n) is 2.43. The standard InChI is InChI=1S/C14H23NO2/c1-5-16-14(17-6-2)13-10-8-7-9-12(13)11-15(3)4/h7-10,14H,5-6,11H2,1-4H3. The number of ether oxygens (including phenoxy) is 2. The minimum absolute atomic E-state index is 0.249. The van der Waals surface area contributed by atoms with Crippen molar-refractivity contribution in [2.24, 2.45) is 0 Å². The van der Waals surface area contributed by atoms with Crippen molar-refractivity contribution in [2.45, 2.75) is 26.7 Å². The van der Waals surface area contributed by atoms with Gasteiger partial charge in [0.25, 0.3) is 0 Å². The predicted octanol–water partition coefficient (Wildman–Crippen LogP) is 2.82. The Hall–Kier alpha value is -0.900.